The molecule has 1 saturated heterocycles. The van der Waals surface area contributed by atoms with E-state index in [1.807, 2.05) is 0 Å². The summed E-state index contributed by atoms with van der Waals surface area (Å²) in [5, 5.41) is 3.54. The Balaban J connectivity index is 1.67. The highest BCUT2D eigenvalue weighted by Crippen LogP contribution is 2.29. The van der Waals surface area contributed by atoms with Crippen molar-refractivity contribution in [1.29, 1.82) is 0 Å². The van der Waals surface area contributed by atoms with E-state index in [0.29, 0.717) is 6.04 Å². The summed E-state index contributed by atoms with van der Waals surface area (Å²) in [6.45, 7) is 5.98. The van der Waals surface area contributed by atoms with Gasteiger partial charge in [-0.25, -0.2) is 0 Å². The first kappa shape index (κ1) is 11.1. The zero-order valence-electron chi connectivity index (χ0n) is 10.7. The van der Waals surface area contributed by atoms with E-state index in [1.54, 1.807) is 0 Å². The average Bonchev–Trinajstić information content (AvgIpc) is 2.73. The number of rotatable bonds is 2. The standard InChI is InChI=1S/C15H22N2/c1-12-10-13(6-8-16-12)11-17-9-7-14-4-2-3-5-15(14)17/h2-5,12-13,16H,6-11H2,1H3. The first-order valence-corrected chi connectivity index (χ1v) is 6.89. The predicted octanol–water partition coefficient (Wildman–Crippen LogP) is 2.44. The van der Waals surface area contributed by atoms with Gasteiger partial charge in [-0.1, -0.05) is 18.2 Å². The Morgan fingerprint density at radius 2 is 2.24 bits per heavy atom. The van der Waals surface area contributed by atoms with Crippen molar-refractivity contribution in [2.75, 3.05) is 24.5 Å². The highest BCUT2D eigenvalue weighted by atomic mass is 15.1. The Morgan fingerprint density at radius 1 is 1.35 bits per heavy atom. The summed E-state index contributed by atoms with van der Waals surface area (Å²) in [6, 6.07) is 9.59. The monoisotopic (exact) mass is 230 g/mol. The van der Waals surface area contributed by atoms with E-state index in [4.69, 9.17) is 0 Å². The minimum atomic E-state index is 0.701. The van der Waals surface area contributed by atoms with Crippen LogP contribution in [-0.2, 0) is 6.42 Å². The Labute approximate surface area is 104 Å². The second-order valence-electron chi connectivity index (χ2n) is 5.57. The van der Waals surface area contributed by atoms with Gasteiger partial charge in [-0.2, -0.15) is 0 Å². The summed E-state index contributed by atoms with van der Waals surface area (Å²) < 4.78 is 0. The molecule has 3 rings (SSSR count). The van der Waals surface area contributed by atoms with Crippen LogP contribution in [0.4, 0.5) is 5.69 Å². The fourth-order valence-corrected chi connectivity index (χ4v) is 3.31. The van der Waals surface area contributed by atoms with Crippen LogP contribution in [0, 0.1) is 5.92 Å². The van der Waals surface area contributed by atoms with Gasteiger partial charge in [0.2, 0.25) is 0 Å². The maximum atomic E-state index is 3.54. The first-order chi connectivity index (χ1) is 8.33. The van der Waals surface area contributed by atoms with Crippen LogP contribution in [0.3, 0.4) is 0 Å². The summed E-state index contributed by atoms with van der Waals surface area (Å²) in [5.41, 5.74) is 3.02. The van der Waals surface area contributed by atoms with Crippen LogP contribution < -0.4 is 10.2 Å². The lowest BCUT2D eigenvalue weighted by Gasteiger charge is -2.32. The summed E-state index contributed by atoms with van der Waals surface area (Å²) in [6.07, 6.45) is 3.90. The SMILES string of the molecule is CC1CC(CN2CCc3ccccc32)CCN1. The molecule has 2 aliphatic heterocycles. The topological polar surface area (TPSA) is 15.3 Å². The second kappa shape index (κ2) is 4.69. The van der Waals surface area contributed by atoms with Crippen LogP contribution in [0.15, 0.2) is 24.3 Å². The summed E-state index contributed by atoms with van der Waals surface area (Å²) in [7, 11) is 0. The Morgan fingerprint density at radius 3 is 3.12 bits per heavy atom. The predicted molar refractivity (Wildman–Crippen MR) is 72.5 cm³/mol. The summed E-state index contributed by atoms with van der Waals surface area (Å²) in [5.74, 6) is 0.873. The first-order valence-electron chi connectivity index (χ1n) is 6.89. The van der Waals surface area contributed by atoms with Gasteiger partial charge in [-0.15, -0.1) is 0 Å². The van der Waals surface area contributed by atoms with Gasteiger partial charge in [0, 0.05) is 24.8 Å². The van der Waals surface area contributed by atoms with Crippen LogP contribution in [-0.4, -0.2) is 25.7 Å². The van der Waals surface area contributed by atoms with Gasteiger partial charge in [0.05, 0.1) is 0 Å². The van der Waals surface area contributed by atoms with Gasteiger partial charge >= 0.3 is 0 Å². The van der Waals surface area contributed by atoms with Crippen LogP contribution >= 0.6 is 0 Å². The van der Waals surface area contributed by atoms with E-state index in [1.165, 1.54) is 50.1 Å². The van der Waals surface area contributed by atoms with Crippen molar-refractivity contribution in [3.63, 3.8) is 0 Å². The average molecular weight is 230 g/mol. The van der Waals surface area contributed by atoms with E-state index in [9.17, 15) is 0 Å². The molecule has 0 radical (unpaired) electrons. The summed E-state index contributed by atoms with van der Waals surface area (Å²) >= 11 is 0. The van der Waals surface area contributed by atoms with E-state index >= 15 is 0 Å². The van der Waals surface area contributed by atoms with Crippen LogP contribution in [0.25, 0.3) is 0 Å². The lowest BCUT2D eigenvalue weighted by molar-refractivity contribution is 0.317. The maximum absolute atomic E-state index is 3.54. The third kappa shape index (κ3) is 2.32. The van der Waals surface area contributed by atoms with Gasteiger partial charge in [0.25, 0.3) is 0 Å². The molecule has 0 saturated carbocycles. The van der Waals surface area contributed by atoms with Crippen molar-refractivity contribution < 1.29 is 0 Å². The number of para-hydroxylation sites is 1. The van der Waals surface area contributed by atoms with Crippen LogP contribution in [0.5, 0.6) is 0 Å². The fraction of sp³-hybridized carbons (Fsp3) is 0.600. The number of fused-ring (bicyclic) bond motifs is 1. The maximum Gasteiger partial charge on any atom is 0.0399 e. The molecular weight excluding hydrogens is 208 g/mol. The zero-order chi connectivity index (χ0) is 11.7. The van der Waals surface area contributed by atoms with Crippen molar-refractivity contribution >= 4 is 5.69 Å². The van der Waals surface area contributed by atoms with E-state index in [0.717, 1.165) is 5.92 Å². The zero-order valence-corrected chi connectivity index (χ0v) is 10.7. The minimum absolute atomic E-state index is 0.701. The normalized spacial score (nSPS) is 28.2. The number of nitrogens with one attached hydrogen (secondary N) is 1. The molecule has 0 aliphatic carbocycles. The van der Waals surface area contributed by atoms with Crippen molar-refractivity contribution in [2.45, 2.75) is 32.2 Å². The molecule has 1 aromatic carbocycles. The molecule has 1 fully saturated rings. The smallest absolute Gasteiger partial charge is 0.0399 e. The molecule has 1 aromatic rings. The lowest BCUT2D eigenvalue weighted by Crippen LogP contribution is -2.40. The molecule has 0 amide bonds. The molecular formula is C15H22N2. The third-order valence-electron chi connectivity index (χ3n) is 4.19. The van der Waals surface area contributed by atoms with Crippen molar-refractivity contribution in [1.82, 2.24) is 5.32 Å². The van der Waals surface area contributed by atoms with E-state index in [2.05, 4.69) is 41.4 Å². The molecule has 2 atom stereocenters. The van der Waals surface area contributed by atoms with Crippen molar-refractivity contribution in [2.24, 2.45) is 5.92 Å². The van der Waals surface area contributed by atoms with Gasteiger partial charge in [0.1, 0.15) is 0 Å². The molecule has 2 nitrogen and oxygen atoms in total. The van der Waals surface area contributed by atoms with E-state index < -0.39 is 0 Å². The Bertz CT molecular complexity index is 388. The second-order valence-corrected chi connectivity index (χ2v) is 5.57. The highest BCUT2D eigenvalue weighted by molar-refractivity contribution is 5.57. The molecule has 2 aliphatic rings. The third-order valence-corrected chi connectivity index (χ3v) is 4.19. The molecule has 2 heterocycles. The van der Waals surface area contributed by atoms with Crippen molar-refractivity contribution in [3.8, 4) is 0 Å². The van der Waals surface area contributed by atoms with Crippen molar-refractivity contribution in [3.05, 3.63) is 29.8 Å². The van der Waals surface area contributed by atoms with Gasteiger partial charge < -0.3 is 10.2 Å². The number of piperidine rings is 1. The van der Waals surface area contributed by atoms with Crippen LogP contribution in [0.2, 0.25) is 0 Å². The number of benzene rings is 1. The molecule has 2 heteroatoms. The quantitative estimate of drug-likeness (QED) is 0.839. The van der Waals surface area contributed by atoms with Crippen LogP contribution in [0.1, 0.15) is 25.3 Å². The highest BCUT2D eigenvalue weighted by Gasteiger charge is 2.24. The molecule has 0 aromatic heterocycles. The number of hydrogen-bond acceptors (Lipinski definition) is 2. The number of nitrogens with zero attached hydrogens (tertiary/aromatic N) is 1. The molecule has 0 spiro atoms. The van der Waals surface area contributed by atoms with Gasteiger partial charge in [0.15, 0.2) is 0 Å². The molecule has 0 bridgehead atoms. The Hall–Kier alpha value is -1.02. The Kier molecular flexibility index (Phi) is 3.06. The summed E-state index contributed by atoms with van der Waals surface area (Å²) in [4.78, 5) is 2.60. The molecule has 92 valence electrons. The largest absolute Gasteiger partial charge is 0.371 e. The molecule has 1 N–H and O–H groups in total. The lowest BCUT2D eigenvalue weighted by atomic mass is 9.93. The fourth-order valence-electron chi connectivity index (χ4n) is 3.31. The van der Waals surface area contributed by atoms with Gasteiger partial charge in [-0.05, 0) is 50.3 Å². The molecule has 17 heavy (non-hydrogen) atoms. The molecule has 2 unspecified atom stereocenters. The minimum Gasteiger partial charge on any atom is -0.371 e. The number of hydrogen-bond donors (Lipinski definition) is 1. The number of anilines is 1. The van der Waals surface area contributed by atoms with E-state index in [-0.39, 0.29) is 0 Å². The van der Waals surface area contributed by atoms with Gasteiger partial charge in [-0.3, -0.25) is 0 Å².